The first-order valence-electron chi connectivity index (χ1n) is 11.0. The Morgan fingerprint density at radius 1 is 1.06 bits per heavy atom. The Labute approximate surface area is 184 Å². The van der Waals surface area contributed by atoms with Crippen LogP contribution < -0.4 is 5.32 Å². The molecule has 0 aliphatic carbocycles. The summed E-state index contributed by atoms with van der Waals surface area (Å²) in [6.07, 6.45) is 0.0590. The first-order chi connectivity index (χ1) is 15.1. The van der Waals surface area contributed by atoms with Crippen LogP contribution in [-0.4, -0.2) is 55.7 Å². The van der Waals surface area contributed by atoms with Gasteiger partial charge in [0.1, 0.15) is 0 Å². The van der Waals surface area contributed by atoms with Crippen LogP contribution in [0.15, 0.2) is 54.6 Å². The largest absolute Gasteiger partial charge is 0.449 e. The standard InChI is InChI=1S/C25H32N2O4/c1-3-21(22-7-5-4-6-8-22)17-26-24(28)19(2)31-25(29)23-11-9-20(10-12-23)18-27-13-15-30-16-14-27/h4-12,19,21H,3,13-18H2,1-2H3,(H,26,28)/t19-,21+/m1/s1. The zero-order valence-electron chi connectivity index (χ0n) is 18.4. The van der Waals surface area contributed by atoms with E-state index in [-0.39, 0.29) is 11.8 Å². The van der Waals surface area contributed by atoms with Crippen molar-refractivity contribution in [1.29, 1.82) is 0 Å². The fraction of sp³-hybridized carbons (Fsp3) is 0.440. The minimum Gasteiger partial charge on any atom is -0.449 e. The number of benzene rings is 2. The number of nitrogens with zero attached hydrogens (tertiary/aromatic N) is 1. The average molecular weight is 425 g/mol. The summed E-state index contributed by atoms with van der Waals surface area (Å²) in [6, 6.07) is 17.5. The smallest absolute Gasteiger partial charge is 0.338 e. The van der Waals surface area contributed by atoms with E-state index in [1.54, 1.807) is 19.1 Å². The number of ether oxygens (including phenoxy) is 2. The molecule has 2 atom stereocenters. The third kappa shape index (κ3) is 6.91. The number of hydrogen-bond acceptors (Lipinski definition) is 5. The highest BCUT2D eigenvalue weighted by molar-refractivity contribution is 5.92. The molecule has 1 aliphatic rings. The maximum absolute atomic E-state index is 12.4. The van der Waals surface area contributed by atoms with Gasteiger partial charge < -0.3 is 14.8 Å². The van der Waals surface area contributed by atoms with Crippen LogP contribution in [0.5, 0.6) is 0 Å². The van der Waals surface area contributed by atoms with Gasteiger partial charge >= 0.3 is 5.97 Å². The fourth-order valence-corrected chi connectivity index (χ4v) is 3.64. The Hall–Kier alpha value is -2.70. The number of carbonyl (C=O) groups excluding carboxylic acids is 2. The number of morpholine rings is 1. The summed E-state index contributed by atoms with van der Waals surface area (Å²) in [5.41, 5.74) is 2.77. The third-order valence-electron chi connectivity index (χ3n) is 5.64. The van der Waals surface area contributed by atoms with Crippen LogP contribution in [0.2, 0.25) is 0 Å². The van der Waals surface area contributed by atoms with Gasteiger partial charge in [-0.2, -0.15) is 0 Å². The summed E-state index contributed by atoms with van der Waals surface area (Å²) in [7, 11) is 0. The molecule has 0 aromatic heterocycles. The molecule has 1 fully saturated rings. The molecule has 0 unspecified atom stereocenters. The molecule has 2 aromatic rings. The summed E-state index contributed by atoms with van der Waals surface area (Å²) < 4.78 is 10.7. The van der Waals surface area contributed by atoms with Crippen LogP contribution in [0.3, 0.4) is 0 Å². The lowest BCUT2D eigenvalue weighted by molar-refractivity contribution is -0.129. The molecule has 1 heterocycles. The summed E-state index contributed by atoms with van der Waals surface area (Å²) in [5.74, 6) is -0.547. The molecule has 1 aliphatic heterocycles. The van der Waals surface area contributed by atoms with Gasteiger partial charge in [0.2, 0.25) is 0 Å². The van der Waals surface area contributed by atoms with Gasteiger partial charge in [-0.1, -0.05) is 49.4 Å². The minimum absolute atomic E-state index is 0.229. The second-order valence-corrected chi connectivity index (χ2v) is 7.89. The Kier molecular flexibility index (Phi) is 8.62. The van der Waals surface area contributed by atoms with Gasteiger partial charge in [0, 0.05) is 32.1 Å². The number of nitrogens with one attached hydrogen (secondary N) is 1. The van der Waals surface area contributed by atoms with Crippen molar-refractivity contribution >= 4 is 11.9 Å². The molecular formula is C25H32N2O4. The van der Waals surface area contributed by atoms with E-state index < -0.39 is 12.1 Å². The van der Waals surface area contributed by atoms with Crippen molar-refractivity contribution in [2.75, 3.05) is 32.8 Å². The number of hydrogen-bond donors (Lipinski definition) is 1. The van der Waals surface area contributed by atoms with Crippen molar-refractivity contribution in [3.63, 3.8) is 0 Å². The lowest BCUT2D eigenvalue weighted by atomic mass is 9.96. The van der Waals surface area contributed by atoms with Crippen molar-refractivity contribution in [2.24, 2.45) is 0 Å². The maximum Gasteiger partial charge on any atom is 0.338 e. The maximum atomic E-state index is 12.4. The number of esters is 1. The lowest BCUT2D eigenvalue weighted by Gasteiger charge is -2.26. The second kappa shape index (κ2) is 11.6. The molecule has 3 rings (SSSR count). The van der Waals surface area contributed by atoms with E-state index in [2.05, 4.69) is 29.3 Å². The average Bonchev–Trinajstić information content (AvgIpc) is 2.81. The van der Waals surface area contributed by atoms with E-state index in [9.17, 15) is 9.59 Å². The second-order valence-electron chi connectivity index (χ2n) is 7.89. The SMILES string of the molecule is CC[C@@H](CNC(=O)[C@@H](C)OC(=O)c1ccc(CN2CCOCC2)cc1)c1ccccc1. The normalized spacial score (nSPS) is 16.3. The summed E-state index contributed by atoms with van der Waals surface area (Å²) >= 11 is 0. The zero-order valence-corrected chi connectivity index (χ0v) is 18.4. The third-order valence-corrected chi connectivity index (χ3v) is 5.64. The van der Waals surface area contributed by atoms with Crippen LogP contribution in [-0.2, 0) is 20.8 Å². The molecule has 0 radical (unpaired) electrons. The van der Waals surface area contributed by atoms with Gasteiger partial charge in [-0.3, -0.25) is 9.69 Å². The van der Waals surface area contributed by atoms with E-state index in [1.807, 2.05) is 30.3 Å². The minimum atomic E-state index is -0.853. The van der Waals surface area contributed by atoms with Crippen LogP contribution in [0.1, 0.15) is 47.7 Å². The van der Waals surface area contributed by atoms with Crippen LogP contribution in [0, 0.1) is 0 Å². The Bertz CT molecular complexity index is 832. The molecule has 6 nitrogen and oxygen atoms in total. The van der Waals surface area contributed by atoms with Gasteiger partial charge in [0.05, 0.1) is 18.8 Å². The molecule has 6 heteroatoms. The van der Waals surface area contributed by atoms with E-state index in [1.165, 1.54) is 5.56 Å². The molecule has 2 aromatic carbocycles. The van der Waals surface area contributed by atoms with Gasteiger partial charge in [-0.15, -0.1) is 0 Å². The molecule has 0 saturated carbocycles. The zero-order chi connectivity index (χ0) is 22.1. The molecule has 1 amide bonds. The van der Waals surface area contributed by atoms with E-state index >= 15 is 0 Å². The van der Waals surface area contributed by atoms with Crippen molar-refractivity contribution in [1.82, 2.24) is 10.2 Å². The summed E-state index contributed by atoms with van der Waals surface area (Å²) in [4.78, 5) is 27.2. The highest BCUT2D eigenvalue weighted by atomic mass is 16.5. The van der Waals surface area contributed by atoms with Crippen LogP contribution >= 0.6 is 0 Å². The molecule has 0 spiro atoms. The molecule has 31 heavy (non-hydrogen) atoms. The topological polar surface area (TPSA) is 67.9 Å². The van der Waals surface area contributed by atoms with Crippen molar-refractivity contribution in [3.8, 4) is 0 Å². The number of amides is 1. The van der Waals surface area contributed by atoms with E-state index in [4.69, 9.17) is 9.47 Å². The lowest BCUT2D eigenvalue weighted by Crippen LogP contribution is -2.38. The van der Waals surface area contributed by atoms with E-state index in [0.29, 0.717) is 12.1 Å². The quantitative estimate of drug-likeness (QED) is 0.625. The number of rotatable bonds is 9. The van der Waals surface area contributed by atoms with Gasteiger partial charge in [-0.05, 0) is 36.6 Å². The highest BCUT2D eigenvalue weighted by Gasteiger charge is 2.20. The van der Waals surface area contributed by atoms with Gasteiger partial charge in [0.15, 0.2) is 6.10 Å². The molecular weight excluding hydrogens is 392 g/mol. The van der Waals surface area contributed by atoms with Crippen LogP contribution in [0.25, 0.3) is 0 Å². The molecule has 0 bridgehead atoms. The predicted octanol–water partition coefficient (Wildman–Crippen LogP) is 3.37. The Morgan fingerprint density at radius 3 is 2.39 bits per heavy atom. The van der Waals surface area contributed by atoms with Crippen molar-refractivity contribution in [2.45, 2.75) is 38.8 Å². The van der Waals surface area contributed by atoms with Crippen molar-refractivity contribution < 1.29 is 19.1 Å². The Morgan fingerprint density at radius 2 is 1.74 bits per heavy atom. The predicted molar refractivity (Wildman–Crippen MR) is 120 cm³/mol. The first-order valence-corrected chi connectivity index (χ1v) is 11.0. The highest BCUT2D eigenvalue weighted by Crippen LogP contribution is 2.18. The summed E-state index contributed by atoms with van der Waals surface area (Å²) in [6.45, 7) is 8.39. The number of carbonyl (C=O) groups is 2. The van der Waals surface area contributed by atoms with Crippen molar-refractivity contribution in [3.05, 3.63) is 71.3 Å². The van der Waals surface area contributed by atoms with E-state index in [0.717, 1.165) is 44.8 Å². The Balaban J connectivity index is 1.47. The molecule has 166 valence electrons. The molecule has 1 saturated heterocycles. The summed E-state index contributed by atoms with van der Waals surface area (Å²) in [5, 5.41) is 2.91. The van der Waals surface area contributed by atoms with Gasteiger partial charge in [0.25, 0.3) is 5.91 Å². The monoisotopic (exact) mass is 424 g/mol. The van der Waals surface area contributed by atoms with Gasteiger partial charge in [-0.25, -0.2) is 4.79 Å². The van der Waals surface area contributed by atoms with Crippen LogP contribution in [0.4, 0.5) is 0 Å². The molecule has 1 N–H and O–H groups in total. The first kappa shape index (κ1) is 23.0. The fourth-order valence-electron chi connectivity index (χ4n) is 3.64.